The second-order valence-electron chi connectivity index (χ2n) is 8.53. The van der Waals surface area contributed by atoms with Crippen molar-refractivity contribution in [3.63, 3.8) is 0 Å². The molecule has 0 saturated carbocycles. The van der Waals surface area contributed by atoms with Gasteiger partial charge in [-0.3, -0.25) is 4.79 Å². The largest absolute Gasteiger partial charge is 0.496 e. The van der Waals surface area contributed by atoms with Gasteiger partial charge in [-0.2, -0.15) is 4.31 Å². The van der Waals surface area contributed by atoms with Gasteiger partial charge in [0.25, 0.3) is 5.91 Å². The maximum atomic E-state index is 13.2. The SMILES string of the molecule is COc1ccccc1C(NC(=O)c1ccc(S(=O)(=O)N2CCCCC2C)cc1)c1nccn1C. The summed E-state index contributed by atoms with van der Waals surface area (Å²) in [4.78, 5) is 17.8. The Morgan fingerprint density at radius 3 is 2.53 bits per heavy atom. The first-order chi connectivity index (χ1) is 16.3. The maximum Gasteiger partial charge on any atom is 0.252 e. The fourth-order valence-corrected chi connectivity index (χ4v) is 6.10. The van der Waals surface area contributed by atoms with Gasteiger partial charge in [-0.1, -0.05) is 24.6 Å². The zero-order valence-corrected chi connectivity index (χ0v) is 20.5. The summed E-state index contributed by atoms with van der Waals surface area (Å²) in [6.07, 6.45) is 6.24. The van der Waals surface area contributed by atoms with Crippen LogP contribution in [0.2, 0.25) is 0 Å². The Bertz CT molecular complexity index is 1250. The Morgan fingerprint density at radius 2 is 1.88 bits per heavy atom. The number of sulfonamides is 1. The van der Waals surface area contributed by atoms with Crippen molar-refractivity contribution in [2.45, 2.75) is 43.2 Å². The van der Waals surface area contributed by atoms with Gasteiger partial charge in [-0.05, 0) is 50.1 Å². The molecule has 0 spiro atoms. The van der Waals surface area contributed by atoms with E-state index in [4.69, 9.17) is 4.74 Å². The van der Waals surface area contributed by atoms with E-state index in [2.05, 4.69) is 10.3 Å². The minimum Gasteiger partial charge on any atom is -0.496 e. The highest BCUT2D eigenvalue weighted by Crippen LogP contribution is 2.30. The van der Waals surface area contributed by atoms with Gasteiger partial charge < -0.3 is 14.6 Å². The number of carbonyl (C=O) groups excluding carboxylic acids is 1. The van der Waals surface area contributed by atoms with Gasteiger partial charge >= 0.3 is 0 Å². The summed E-state index contributed by atoms with van der Waals surface area (Å²) in [5.41, 5.74) is 1.13. The smallest absolute Gasteiger partial charge is 0.252 e. The Balaban J connectivity index is 1.60. The molecule has 9 heteroatoms. The maximum absolute atomic E-state index is 13.2. The predicted molar refractivity (Wildman–Crippen MR) is 129 cm³/mol. The lowest BCUT2D eigenvalue weighted by atomic mass is 10.0. The molecule has 1 aliphatic rings. The van der Waals surface area contributed by atoms with Crippen molar-refractivity contribution in [1.29, 1.82) is 0 Å². The lowest BCUT2D eigenvalue weighted by molar-refractivity contribution is 0.0940. The first kappa shape index (κ1) is 24.0. The van der Waals surface area contributed by atoms with Crippen molar-refractivity contribution >= 4 is 15.9 Å². The summed E-state index contributed by atoms with van der Waals surface area (Å²) in [6, 6.07) is 13.0. The number of ether oxygens (including phenoxy) is 1. The number of hydrogen-bond acceptors (Lipinski definition) is 5. The highest BCUT2D eigenvalue weighted by molar-refractivity contribution is 7.89. The number of benzene rings is 2. The molecular formula is C25H30N4O4S. The van der Waals surface area contributed by atoms with Crippen LogP contribution in [0, 0.1) is 0 Å². The number of imidazole rings is 1. The van der Waals surface area contributed by atoms with Crippen LogP contribution in [0.4, 0.5) is 0 Å². The van der Waals surface area contributed by atoms with Gasteiger partial charge in [0.1, 0.15) is 17.6 Å². The third-order valence-electron chi connectivity index (χ3n) is 6.31. The molecule has 4 rings (SSSR count). The average molecular weight is 483 g/mol. The average Bonchev–Trinajstić information content (AvgIpc) is 3.28. The van der Waals surface area contributed by atoms with Crippen LogP contribution in [0.5, 0.6) is 5.75 Å². The van der Waals surface area contributed by atoms with E-state index >= 15 is 0 Å². The zero-order chi connectivity index (χ0) is 24.3. The molecule has 1 saturated heterocycles. The molecule has 2 unspecified atom stereocenters. The van der Waals surface area contributed by atoms with E-state index in [0.29, 0.717) is 23.7 Å². The molecule has 34 heavy (non-hydrogen) atoms. The number of rotatable bonds is 7. The third-order valence-corrected chi connectivity index (χ3v) is 8.33. The number of nitrogens with zero attached hydrogens (tertiary/aromatic N) is 3. The normalized spacial score (nSPS) is 17.8. The summed E-state index contributed by atoms with van der Waals surface area (Å²) >= 11 is 0. The fourth-order valence-electron chi connectivity index (χ4n) is 4.40. The molecular weight excluding hydrogens is 452 g/mol. The minimum atomic E-state index is -3.60. The summed E-state index contributed by atoms with van der Waals surface area (Å²) in [5.74, 6) is 0.943. The number of nitrogens with one attached hydrogen (secondary N) is 1. The lowest BCUT2D eigenvalue weighted by Crippen LogP contribution is -2.41. The quantitative estimate of drug-likeness (QED) is 0.556. The standard InChI is InChI=1S/C25H30N4O4S/c1-18-8-6-7-16-29(18)34(31,32)20-13-11-19(12-14-20)25(30)27-23(24-26-15-17-28(24)2)21-9-4-5-10-22(21)33-3/h4-5,9-15,17-18,23H,6-8,16H2,1-3H3,(H,27,30). The van der Waals surface area contributed by atoms with Crippen LogP contribution in [0.15, 0.2) is 65.8 Å². The van der Waals surface area contributed by atoms with Crippen molar-refractivity contribution in [3.05, 3.63) is 77.9 Å². The van der Waals surface area contributed by atoms with Gasteiger partial charge in [0, 0.05) is 43.2 Å². The molecule has 2 aromatic carbocycles. The molecule has 0 bridgehead atoms. The van der Waals surface area contributed by atoms with Crippen LogP contribution < -0.4 is 10.1 Å². The molecule has 8 nitrogen and oxygen atoms in total. The first-order valence-corrected chi connectivity index (χ1v) is 12.8. The number of amides is 1. The van der Waals surface area contributed by atoms with Crippen LogP contribution in [-0.2, 0) is 17.1 Å². The van der Waals surface area contributed by atoms with Crippen molar-refractivity contribution in [2.75, 3.05) is 13.7 Å². The summed E-state index contributed by atoms with van der Waals surface area (Å²) in [5, 5.41) is 3.03. The highest BCUT2D eigenvalue weighted by atomic mass is 32.2. The Kier molecular flexibility index (Phi) is 7.04. The Morgan fingerprint density at radius 1 is 1.15 bits per heavy atom. The van der Waals surface area contributed by atoms with Gasteiger partial charge in [0.2, 0.25) is 10.0 Å². The molecule has 3 aromatic rings. The molecule has 2 heterocycles. The molecule has 1 fully saturated rings. The molecule has 0 radical (unpaired) electrons. The van der Waals surface area contributed by atoms with Crippen LogP contribution in [-0.4, -0.2) is 47.9 Å². The molecule has 1 aliphatic heterocycles. The van der Waals surface area contributed by atoms with Crippen molar-refractivity contribution < 1.29 is 17.9 Å². The van der Waals surface area contributed by atoms with Gasteiger partial charge in [-0.15, -0.1) is 0 Å². The van der Waals surface area contributed by atoms with Gasteiger partial charge in [0.15, 0.2) is 0 Å². The van der Waals surface area contributed by atoms with Crippen LogP contribution in [0.3, 0.4) is 0 Å². The van der Waals surface area contributed by atoms with Gasteiger partial charge in [0.05, 0.1) is 12.0 Å². The van der Waals surface area contributed by atoms with Crippen LogP contribution in [0.25, 0.3) is 0 Å². The number of aryl methyl sites for hydroxylation is 1. The van der Waals surface area contributed by atoms with Gasteiger partial charge in [-0.25, -0.2) is 13.4 Å². The molecule has 1 amide bonds. The topological polar surface area (TPSA) is 93.5 Å². The van der Waals surface area contributed by atoms with E-state index in [1.165, 1.54) is 12.1 Å². The predicted octanol–water partition coefficient (Wildman–Crippen LogP) is 3.51. The van der Waals surface area contributed by atoms with Crippen molar-refractivity contribution in [1.82, 2.24) is 19.2 Å². The second-order valence-corrected chi connectivity index (χ2v) is 10.4. The van der Waals surface area contributed by atoms with E-state index in [0.717, 1.165) is 24.8 Å². The fraction of sp³-hybridized carbons (Fsp3) is 0.360. The first-order valence-electron chi connectivity index (χ1n) is 11.4. The molecule has 1 aromatic heterocycles. The number of aromatic nitrogens is 2. The number of para-hydroxylation sites is 1. The highest BCUT2D eigenvalue weighted by Gasteiger charge is 2.31. The van der Waals surface area contributed by atoms with E-state index in [1.54, 1.807) is 29.7 Å². The molecule has 180 valence electrons. The van der Waals surface area contributed by atoms with E-state index in [-0.39, 0.29) is 16.8 Å². The van der Waals surface area contributed by atoms with E-state index < -0.39 is 16.1 Å². The monoisotopic (exact) mass is 482 g/mol. The Labute approximate surface area is 200 Å². The Hall–Kier alpha value is -3.17. The summed E-state index contributed by atoms with van der Waals surface area (Å²) in [6.45, 7) is 2.46. The summed E-state index contributed by atoms with van der Waals surface area (Å²) < 4.78 is 35.1. The number of methoxy groups -OCH3 is 1. The van der Waals surface area contributed by atoms with Crippen molar-refractivity contribution in [3.8, 4) is 5.75 Å². The van der Waals surface area contributed by atoms with Crippen molar-refractivity contribution in [2.24, 2.45) is 7.05 Å². The van der Waals surface area contributed by atoms with E-state index in [9.17, 15) is 13.2 Å². The van der Waals surface area contributed by atoms with Crippen LogP contribution in [0.1, 0.15) is 54.0 Å². The molecule has 2 atom stereocenters. The molecule has 0 aliphatic carbocycles. The lowest BCUT2D eigenvalue weighted by Gasteiger charge is -2.32. The third kappa shape index (κ3) is 4.71. The minimum absolute atomic E-state index is 0.0267. The van der Waals surface area contributed by atoms with E-state index in [1.807, 2.05) is 49.0 Å². The summed E-state index contributed by atoms with van der Waals surface area (Å²) in [7, 11) is -0.157. The second kappa shape index (κ2) is 9.99. The molecule has 1 N–H and O–H groups in total. The van der Waals surface area contributed by atoms with Crippen LogP contribution >= 0.6 is 0 Å². The number of hydrogen-bond donors (Lipinski definition) is 1. The zero-order valence-electron chi connectivity index (χ0n) is 19.6. The number of piperidine rings is 1. The number of carbonyl (C=O) groups is 1.